The Labute approximate surface area is 134 Å². The molecule has 0 aromatic rings. The van der Waals surface area contributed by atoms with Gasteiger partial charge in [-0.1, -0.05) is 43.9 Å². The van der Waals surface area contributed by atoms with Gasteiger partial charge in [0, 0.05) is 24.4 Å². The number of rotatable bonds is 3. The lowest BCUT2D eigenvalue weighted by atomic mass is 9.75. The van der Waals surface area contributed by atoms with Crippen LogP contribution in [0.2, 0.25) is 0 Å². The van der Waals surface area contributed by atoms with Crippen LogP contribution in [0.1, 0.15) is 57.8 Å². The topological polar surface area (TPSA) is 27.6 Å². The Bertz CT molecular complexity index is 379. The molecule has 0 unspecified atom stereocenters. The highest BCUT2D eigenvalue weighted by Gasteiger charge is 2.38. The maximum Gasteiger partial charge on any atom is 0.156 e. The van der Waals surface area contributed by atoms with Crippen LogP contribution in [0.5, 0.6) is 0 Å². The van der Waals surface area contributed by atoms with E-state index in [0.29, 0.717) is 11.0 Å². The summed E-state index contributed by atoms with van der Waals surface area (Å²) in [5, 5.41) is 4.89. The summed E-state index contributed by atoms with van der Waals surface area (Å²) in [6, 6.07) is 0. The van der Waals surface area contributed by atoms with E-state index in [4.69, 9.17) is 4.99 Å². The first-order valence-corrected chi connectivity index (χ1v) is 9.71. The van der Waals surface area contributed by atoms with Crippen LogP contribution in [0.15, 0.2) is 4.99 Å². The quantitative estimate of drug-likeness (QED) is 0.864. The molecule has 0 aromatic heterocycles. The summed E-state index contributed by atoms with van der Waals surface area (Å²) in [6.07, 6.45) is 12.5. The van der Waals surface area contributed by atoms with E-state index in [1.807, 2.05) is 11.8 Å². The van der Waals surface area contributed by atoms with E-state index in [0.717, 1.165) is 13.1 Å². The van der Waals surface area contributed by atoms with Crippen LogP contribution in [-0.4, -0.2) is 48.5 Å². The second kappa shape index (κ2) is 6.49. The SMILES string of the molecule is CN(C)C1(CNC2=NCC3(CCCCC3)CS2)CCCC1. The van der Waals surface area contributed by atoms with Gasteiger partial charge in [-0.05, 0) is 45.2 Å². The predicted octanol–water partition coefficient (Wildman–Crippen LogP) is 3.50. The van der Waals surface area contributed by atoms with Crippen molar-refractivity contribution in [3.8, 4) is 0 Å². The Morgan fingerprint density at radius 3 is 2.29 bits per heavy atom. The molecule has 3 nitrogen and oxygen atoms in total. The average Bonchev–Trinajstić information content (AvgIpc) is 2.98. The number of amidine groups is 1. The van der Waals surface area contributed by atoms with Crippen molar-refractivity contribution in [2.75, 3.05) is 32.9 Å². The Kier molecular flexibility index (Phi) is 4.84. The molecule has 0 amide bonds. The van der Waals surface area contributed by atoms with Gasteiger partial charge in [-0.3, -0.25) is 4.99 Å². The van der Waals surface area contributed by atoms with E-state index < -0.39 is 0 Å². The third kappa shape index (κ3) is 3.42. The minimum Gasteiger partial charge on any atom is -0.363 e. The Morgan fingerprint density at radius 2 is 1.71 bits per heavy atom. The molecule has 1 aliphatic heterocycles. The molecule has 120 valence electrons. The number of nitrogens with one attached hydrogen (secondary N) is 1. The summed E-state index contributed by atoms with van der Waals surface area (Å²) in [7, 11) is 4.47. The number of likely N-dealkylation sites (N-methyl/N-ethyl adjacent to an activating group) is 1. The second-order valence-corrected chi connectivity index (χ2v) is 8.61. The minimum absolute atomic E-state index is 0.364. The summed E-state index contributed by atoms with van der Waals surface area (Å²) < 4.78 is 0. The van der Waals surface area contributed by atoms with Crippen molar-refractivity contribution < 1.29 is 0 Å². The van der Waals surface area contributed by atoms with Gasteiger partial charge in [0.1, 0.15) is 0 Å². The molecule has 2 aliphatic carbocycles. The lowest BCUT2D eigenvalue weighted by Gasteiger charge is -2.40. The van der Waals surface area contributed by atoms with Gasteiger partial charge in [0.05, 0.1) is 0 Å². The van der Waals surface area contributed by atoms with Crippen LogP contribution in [0.4, 0.5) is 0 Å². The number of hydrogen-bond donors (Lipinski definition) is 1. The molecule has 1 N–H and O–H groups in total. The van der Waals surface area contributed by atoms with E-state index in [1.54, 1.807) is 0 Å². The smallest absolute Gasteiger partial charge is 0.156 e. The standard InChI is InChI=1S/C17H31N3S/c1-20(2)17(10-6-7-11-17)13-19-15-18-12-16(14-21-15)8-4-3-5-9-16/h3-14H2,1-2H3,(H,18,19). The van der Waals surface area contributed by atoms with Crippen molar-refractivity contribution in [2.24, 2.45) is 10.4 Å². The van der Waals surface area contributed by atoms with Crippen molar-refractivity contribution in [3.63, 3.8) is 0 Å². The fourth-order valence-corrected chi connectivity index (χ4v) is 5.47. The van der Waals surface area contributed by atoms with Gasteiger partial charge in [-0.15, -0.1) is 0 Å². The Hall–Kier alpha value is -0.220. The fourth-order valence-electron chi connectivity index (χ4n) is 4.32. The molecule has 1 spiro atoms. The lowest BCUT2D eigenvalue weighted by Crippen LogP contribution is -2.51. The van der Waals surface area contributed by atoms with Gasteiger partial charge in [0.25, 0.3) is 0 Å². The molecule has 1 heterocycles. The van der Waals surface area contributed by atoms with Gasteiger partial charge in [0.2, 0.25) is 0 Å². The van der Waals surface area contributed by atoms with Gasteiger partial charge in [0.15, 0.2) is 5.17 Å². The zero-order chi connectivity index (χ0) is 14.8. The molecule has 2 saturated carbocycles. The summed E-state index contributed by atoms with van der Waals surface area (Å²) in [5.74, 6) is 1.29. The van der Waals surface area contributed by atoms with Crippen molar-refractivity contribution in [2.45, 2.75) is 63.3 Å². The van der Waals surface area contributed by atoms with Crippen LogP contribution in [0.3, 0.4) is 0 Å². The lowest BCUT2D eigenvalue weighted by molar-refractivity contribution is 0.161. The van der Waals surface area contributed by atoms with Gasteiger partial charge >= 0.3 is 0 Å². The van der Waals surface area contributed by atoms with Crippen molar-refractivity contribution in [1.29, 1.82) is 0 Å². The van der Waals surface area contributed by atoms with Crippen molar-refractivity contribution in [3.05, 3.63) is 0 Å². The molecule has 2 fully saturated rings. The first kappa shape index (κ1) is 15.7. The van der Waals surface area contributed by atoms with E-state index in [1.165, 1.54) is 68.7 Å². The first-order valence-electron chi connectivity index (χ1n) is 8.73. The van der Waals surface area contributed by atoms with Gasteiger partial charge in [-0.25, -0.2) is 0 Å². The molecule has 4 heteroatoms. The molecule has 21 heavy (non-hydrogen) atoms. The summed E-state index contributed by atoms with van der Waals surface area (Å²) in [4.78, 5) is 7.34. The Balaban J connectivity index is 1.54. The highest BCUT2D eigenvalue weighted by Crippen LogP contribution is 2.41. The van der Waals surface area contributed by atoms with E-state index in [9.17, 15) is 0 Å². The average molecular weight is 310 g/mol. The van der Waals surface area contributed by atoms with Crippen LogP contribution in [0, 0.1) is 5.41 Å². The molecule has 0 radical (unpaired) electrons. The number of nitrogens with zero attached hydrogens (tertiary/aromatic N) is 2. The molecular weight excluding hydrogens is 278 g/mol. The zero-order valence-electron chi connectivity index (χ0n) is 13.8. The third-order valence-corrected chi connectivity index (χ3v) is 7.34. The number of aliphatic imine (C=N–C) groups is 1. The maximum atomic E-state index is 4.91. The zero-order valence-corrected chi connectivity index (χ0v) is 14.6. The van der Waals surface area contributed by atoms with Crippen LogP contribution in [-0.2, 0) is 0 Å². The molecule has 3 aliphatic rings. The summed E-state index contributed by atoms with van der Waals surface area (Å²) in [6.45, 7) is 2.14. The van der Waals surface area contributed by atoms with Gasteiger partial charge in [-0.2, -0.15) is 0 Å². The Morgan fingerprint density at radius 1 is 1.05 bits per heavy atom. The highest BCUT2D eigenvalue weighted by atomic mass is 32.2. The monoisotopic (exact) mass is 309 g/mol. The largest absolute Gasteiger partial charge is 0.363 e. The van der Waals surface area contributed by atoms with E-state index in [-0.39, 0.29) is 0 Å². The fraction of sp³-hybridized carbons (Fsp3) is 0.941. The van der Waals surface area contributed by atoms with Crippen LogP contribution >= 0.6 is 11.8 Å². The summed E-state index contributed by atoms with van der Waals surface area (Å²) in [5.41, 5.74) is 0.906. The highest BCUT2D eigenvalue weighted by molar-refractivity contribution is 8.13. The number of hydrogen-bond acceptors (Lipinski definition) is 4. The first-order chi connectivity index (χ1) is 10.1. The minimum atomic E-state index is 0.364. The van der Waals surface area contributed by atoms with E-state index >= 15 is 0 Å². The number of thioether (sulfide) groups is 1. The van der Waals surface area contributed by atoms with Gasteiger partial charge < -0.3 is 10.2 Å². The molecular formula is C17H31N3S. The second-order valence-electron chi connectivity index (χ2n) is 7.65. The third-order valence-electron chi connectivity index (χ3n) is 6.04. The van der Waals surface area contributed by atoms with Crippen LogP contribution < -0.4 is 5.32 Å². The molecule has 0 atom stereocenters. The van der Waals surface area contributed by atoms with Crippen LogP contribution in [0.25, 0.3) is 0 Å². The maximum absolute atomic E-state index is 4.91. The van der Waals surface area contributed by atoms with E-state index in [2.05, 4.69) is 24.3 Å². The molecule has 0 aromatic carbocycles. The van der Waals surface area contributed by atoms with Crippen molar-refractivity contribution >= 4 is 16.9 Å². The predicted molar refractivity (Wildman–Crippen MR) is 93.2 cm³/mol. The summed E-state index contributed by atoms with van der Waals surface area (Å²) >= 11 is 1.98. The normalized spacial score (nSPS) is 27.9. The van der Waals surface area contributed by atoms with Crippen molar-refractivity contribution in [1.82, 2.24) is 10.2 Å². The molecule has 0 bridgehead atoms. The molecule has 3 rings (SSSR count). The molecule has 0 saturated heterocycles.